The summed E-state index contributed by atoms with van der Waals surface area (Å²) in [6.07, 6.45) is 0. The van der Waals surface area contributed by atoms with Gasteiger partial charge < -0.3 is 9.13 Å². The molecule has 0 amide bonds. The zero-order valence-electron chi connectivity index (χ0n) is 38.1. The van der Waals surface area contributed by atoms with Gasteiger partial charge in [-0.2, -0.15) is 0 Å². The average molecular weight is 882 g/mol. The van der Waals surface area contributed by atoms with E-state index in [0.717, 1.165) is 39.1 Å². The van der Waals surface area contributed by atoms with Gasteiger partial charge in [0, 0.05) is 55.0 Å². The third kappa shape index (κ3) is 6.07. The summed E-state index contributed by atoms with van der Waals surface area (Å²) in [5.41, 5.74) is 17.2. The molecule has 14 rings (SSSR count). The fourth-order valence-electron chi connectivity index (χ4n) is 11.3. The largest absolute Gasteiger partial charge is 0.309 e. The second-order valence-corrected chi connectivity index (χ2v) is 18.8. The number of hydrogen-bond acceptors (Lipinski definition) is 3. The van der Waals surface area contributed by atoms with Crippen molar-refractivity contribution in [3.8, 4) is 67.8 Å². The molecule has 0 atom stereocenters. The molecule has 324 valence electrons. The van der Waals surface area contributed by atoms with Crippen LogP contribution < -0.4 is 0 Å². The van der Waals surface area contributed by atoms with Gasteiger partial charge in [0.2, 0.25) is 0 Å². The number of aromatic nitrogens is 5. The Morgan fingerprint density at radius 3 is 1.54 bits per heavy atom. The lowest BCUT2D eigenvalue weighted by Crippen LogP contribution is -2.15. The van der Waals surface area contributed by atoms with E-state index in [1.807, 2.05) is 36.4 Å². The molecule has 13 aromatic rings. The normalized spacial score (nSPS) is 12.9. The predicted molar refractivity (Wildman–Crippen MR) is 285 cm³/mol. The Hall–Kier alpha value is -8.93. The Balaban J connectivity index is 0.959. The number of para-hydroxylation sites is 2. The molecule has 5 heteroatoms. The third-order valence-electron chi connectivity index (χ3n) is 14.5. The first kappa shape index (κ1) is 39.3. The maximum absolute atomic E-state index is 5.12. The smallest absolute Gasteiger partial charge is 0.164 e. The zero-order chi connectivity index (χ0) is 45.8. The third-order valence-corrected chi connectivity index (χ3v) is 14.5. The molecular formula is C64H43N5. The van der Waals surface area contributed by atoms with Crippen LogP contribution in [0.4, 0.5) is 0 Å². The molecule has 0 bridgehead atoms. The number of rotatable bonds is 6. The van der Waals surface area contributed by atoms with Gasteiger partial charge in [0.1, 0.15) is 0 Å². The summed E-state index contributed by atoms with van der Waals surface area (Å²) in [6, 6.07) is 80.8. The summed E-state index contributed by atoms with van der Waals surface area (Å²) < 4.78 is 4.82. The highest BCUT2D eigenvalue weighted by molar-refractivity contribution is 6.14. The second kappa shape index (κ2) is 15.0. The summed E-state index contributed by atoms with van der Waals surface area (Å²) >= 11 is 0. The van der Waals surface area contributed by atoms with Gasteiger partial charge >= 0.3 is 0 Å². The van der Waals surface area contributed by atoms with Crippen molar-refractivity contribution in [3.63, 3.8) is 0 Å². The minimum atomic E-state index is -0.224. The van der Waals surface area contributed by atoms with Crippen molar-refractivity contribution in [1.82, 2.24) is 24.1 Å². The van der Waals surface area contributed by atoms with Gasteiger partial charge in [-0.3, -0.25) is 0 Å². The van der Waals surface area contributed by atoms with Gasteiger partial charge in [0.25, 0.3) is 0 Å². The van der Waals surface area contributed by atoms with Gasteiger partial charge in [-0.25, -0.2) is 15.0 Å². The lowest BCUT2D eigenvalue weighted by Gasteiger charge is -2.23. The molecule has 1 aliphatic carbocycles. The van der Waals surface area contributed by atoms with Crippen molar-refractivity contribution in [2.45, 2.75) is 19.3 Å². The molecule has 10 aromatic carbocycles. The van der Waals surface area contributed by atoms with Crippen LogP contribution >= 0.6 is 0 Å². The lowest BCUT2D eigenvalue weighted by atomic mass is 9.80. The first-order valence-electron chi connectivity index (χ1n) is 23.7. The fraction of sp³-hybridized carbons (Fsp3) is 0.0469. The second-order valence-electron chi connectivity index (χ2n) is 18.8. The standard InChI is InChI=1S/C64H43N5/c1-64(2)55-39-59-54(38-52(55)51-34-30-41-16-9-10-23-48(41)60(51)64)53-37-44(40-28-32-46(33-29-40)68-56-26-13-11-24-49(56)50-25-12-14-27-57(50)68)31-35-58(53)69(59)47-22-15-21-45(36-47)63-66-61(42-17-5-3-6-18-42)65-62(67-63)43-19-7-4-8-20-43/h3-39H,1-2H3. The molecule has 0 N–H and O–H groups in total. The van der Waals surface area contributed by atoms with Gasteiger partial charge in [-0.1, -0.05) is 178 Å². The Kier molecular flexibility index (Phi) is 8.56. The van der Waals surface area contributed by atoms with E-state index in [9.17, 15) is 0 Å². The summed E-state index contributed by atoms with van der Waals surface area (Å²) in [6.45, 7) is 4.78. The highest BCUT2D eigenvalue weighted by Gasteiger charge is 2.38. The summed E-state index contributed by atoms with van der Waals surface area (Å²) in [5, 5.41) is 7.52. The Morgan fingerprint density at radius 1 is 0.319 bits per heavy atom. The zero-order valence-corrected chi connectivity index (χ0v) is 38.1. The molecule has 3 heterocycles. The number of hydrogen-bond donors (Lipinski definition) is 0. The minimum absolute atomic E-state index is 0.224. The number of fused-ring (bicyclic) bond motifs is 11. The van der Waals surface area contributed by atoms with Crippen LogP contribution in [0.1, 0.15) is 25.0 Å². The van der Waals surface area contributed by atoms with Crippen LogP contribution in [-0.4, -0.2) is 24.1 Å². The molecule has 0 saturated carbocycles. The Morgan fingerprint density at radius 2 is 0.855 bits per heavy atom. The van der Waals surface area contributed by atoms with E-state index >= 15 is 0 Å². The van der Waals surface area contributed by atoms with Crippen molar-refractivity contribution < 1.29 is 0 Å². The van der Waals surface area contributed by atoms with Crippen molar-refractivity contribution in [3.05, 3.63) is 236 Å². The van der Waals surface area contributed by atoms with Gasteiger partial charge in [-0.05, 0) is 105 Å². The van der Waals surface area contributed by atoms with Crippen LogP contribution in [0.2, 0.25) is 0 Å². The van der Waals surface area contributed by atoms with Crippen LogP contribution in [0.3, 0.4) is 0 Å². The van der Waals surface area contributed by atoms with Gasteiger partial charge in [0.15, 0.2) is 17.5 Å². The van der Waals surface area contributed by atoms with E-state index in [1.54, 1.807) is 0 Å². The van der Waals surface area contributed by atoms with Crippen molar-refractivity contribution in [2.24, 2.45) is 0 Å². The molecule has 5 nitrogen and oxygen atoms in total. The van der Waals surface area contributed by atoms with Gasteiger partial charge in [0.05, 0.1) is 22.1 Å². The van der Waals surface area contributed by atoms with Gasteiger partial charge in [-0.15, -0.1) is 0 Å². The number of benzene rings is 10. The maximum atomic E-state index is 5.12. The van der Waals surface area contributed by atoms with E-state index in [1.165, 1.54) is 76.7 Å². The molecule has 0 saturated heterocycles. The highest BCUT2D eigenvalue weighted by atomic mass is 15.0. The number of nitrogens with zero attached hydrogens (tertiary/aromatic N) is 5. The molecule has 0 fully saturated rings. The van der Waals surface area contributed by atoms with Crippen molar-refractivity contribution >= 4 is 54.4 Å². The predicted octanol–water partition coefficient (Wildman–Crippen LogP) is 16.2. The van der Waals surface area contributed by atoms with Crippen LogP contribution in [0.15, 0.2) is 224 Å². The van der Waals surface area contributed by atoms with Crippen LogP contribution in [-0.2, 0) is 5.41 Å². The summed E-state index contributed by atoms with van der Waals surface area (Å²) in [4.78, 5) is 15.2. The molecule has 3 aromatic heterocycles. The van der Waals surface area contributed by atoms with Crippen molar-refractivity contribution in [1.29, 1.82) is 0 Å². The first-order chi connectivity index (χ1) is 34.0. The lowest BCUT2D eigenvalue weighted by molar-refractivity contribution is 0.667. The van der Waals surface area contributed by atoms with E-state index in [4.69, 9.17) is 15.0 Å². The SMILES string of the molecule is CC1(C)c2cc3c(cc2-c2ccc4ccccc4c21)c1cc(-c2ccc(-n4c5ccccc5c5ccccc54)cc2)ccc1n3-c1cccc(-c2nc(-c3ccccc3)nc(-c3ccccc3)n2)c1. The van der Waals surface area contributed by atoms with E-state index in [2.05, 4.69) is 211 Å². The molecule has 0 radical (unpaired) electrons. The first-order valence-corrected chi connectivity index (χ1v) is 23.7. The Labute approximate surface area is 399 Å². The average Bonchev–Trinajstić information content (AvgIpc) is 4.00. The molecule has 0 spiro atoms. The Bertz CT molecular complexity index is 4090. The highest BCUT2D eigenvalue weighted by Crippen LogP contribution is 2.53. The van der Waals surface area contributed by atoms with Crippen molar-refractivity contribution in [2.75, 3.05) is 0 Å². The van der Waals surface area contributed by atoms with E-state index in [-0.39, 0.29) is 5.41 Å². The molecule has 0 unspecified atom stereocenters. The maximum Gasteiger partial charge on any atom is 0.164 e. The monoisotopic (exact) mass is 881 g/mol. The van der Waals surface area contributed by atoms with E-state index < -0.39 is 0 Å². The molecule has 69 heavy (non-hydrogen) atoms. The van der Waals surface area contributed by atoms with Crippen LogP contribution in [0.5, 0.6) is 0 Å². The molecule has 0 aliphatic heterocycles. The quantitative estimate of drug-likeness (QED) is 0.167. The van der Waals surface area contributed by atoms with Crippen LogP contribution in [0, 0.1) is 0 Å². The molecular weight excluding hydrogens is 839 g/mol. The minimum Gasteiger partial charge on any atom is -0.309 e. The topological polar surface area (TPSA) is 48.5 Å². The molecule has 1 aliphatic rings. The van der Waals surface area contributed by atoms with Crippen LogP contribution in [0.25, 0.3) is 122 Å². The fourth-order valence-corrected chi connectivity index (χ4v) is 11.3. The van der Waals surface area contributed by atoms with E-state index in [0.29, 0.717) is 17.5 Å². The summed E-state index contributed by atoms with van der Waals surface area (Å²) in [5.74, 6) is 1.91. The summed E-state index contributed by atoms with van der Waals surface area (Å²) in [7, 11) is 0.